The number of carbonyl (C=O) groups is 4. The van der Waals surface area contributed by atoms with Gasteiger partial charge in [-0.05, 0) is 82.2 Å². The van der Waals surface area contributed by atoms with E-state index in [4.69, 9.17) is 9.15 Å². The van der Waals surface area contributed by atoms with E-state index in [1.54, 1.807) is 67.8 Å². The van der Waals surface area contributed by atoms with Crippen LogP contribution in [0.1, 0.15) is 77.6 Å². The minimum atomic E-state index is -0.902. The third-order valence-electron chi connectivity index (χ3n) is 8.48. The number of nitrogens with zero attached hydrogens (tertiary/aromatic N) is 4. The average molecular weight is 666 g/mol. The van der Waals surface area contributed by atoms with Crippen molar-refractivity contribution in [3.8, 4) is 0 Å². The fraction of sp³-hybridized carbons (Fsp3) is 0.528. The second kappa shape index (κ2) is 14.7. The van der Waals surface area contributed by atoms with Crippen molar-refractivity contribution in [2.75, 3.05) is 26.7 Å². The van der Waals surface area contributed by atoms with Gasteiger partial charge in [0.2, 0.25) is 11.8 Å². The quantitative estimate of drug-likeness (QED) is 0.306. The molecule has 0 spiro atoms. The molecule has 0 aliphatic carbocycles. The van der Waals surface area contributed by atoms with Crippen LogP contribution in [0.4, 0.5) is 9.18 Å². The third kappa shape index (κ3) is 9.11. The molecule has 0 saturated carbocycles. The number of nitrogens with one attached hydrogen (secondary N) is 1. The van der Waals surface area contributed by atoms with Crippen molar-refractivity contribution in [3.63, 3.8) is 0 Å². The van der Waals surface area contributed by atoms with Crippen LogP contribution in [-0.4, -0.2) is 93.9 Å². The minimum Gasteiger partial charge on any atom is -0.444 e. The van der Waals surface area contributed by atoms with Gasteiger partial charge in [-0.15, -0.1) is 0 Å². The van der Waals surface area contributed by atoms with Gasteiger partial charge in [0.25, 0.3) is 5.89 Å². The van der Waals surface area contributed by atoms with E-state index >= 15 is 0 Å². The van der Waals surface area contributed by atoms with Crippen LogP contribution in [0.25, 0.3) is 11.1 Å². The molecule has 2 aromatic carbocycles. The third-order valence-corrected chi connectivity index (χ3v) is 8.48. The van der Waals surface area contributed by atoms with Crippen molar-refractivity contribution in [3.05, 3.63) is 65.8 Å². The molecule has 1 N–H and O–H groups in total. The predicted octanol–water partition coefficient (Wildman–Crippen LogP) is 5.43. The number of hydrogen-bond donors (Lipinski definition) is 1. The molecule has 1 aliphatic rings. The number of rotatable bonds is 10. The molecule has 260 valence electrons. The zero-order chi connectivity index (χ0) is 35.4. The first-order valence-electron chi connectivity index (χ1n) is 16.4. The van der Waals surface area contributed by atoms with Crippen LogP contribution in [0.5, 0.6) is 0 Å². The maximum Gasteiger partial charge on any atom is 0.410 e. The lowest BCUT2D eigenvalue weighted by molar-refractivity contribution is -0.141. The Bertz CT molecular complexity index is 1580. The Balaban J connectivity index is 1.53. The first-order chi connectivity index (χ1) is 22.4. The van der Waals surface area contributed by atoms with Crippen LogP contribution in [0.3, 0.4) is 0 Å². The number of aromatic nitrogens is 1. The van der Waals surface area contributed by atoms with E-state index in [0.717, 1.165) is 12.0 Å². The summed E-state index contributed by atoms with van der Waals surface area (Å²) < 4.78 is 24.8. The Morgan fingerprint density at radius 2 is 1.73 bits per heavy atom. The van der Waals surface area contributed by atoms with E-state index in [1.807, 2.05) is 26.8 Å². The molecule has 3 atom stereocenters. The highest BCUT2D eigenvalue weighted by Gasteiger charge is 2.42. The minimum absolute atomic E-state index is 0.0471. The first kappa shape index (κ1) is 36.4. The standard InChI is InChI=1S/C36H48FN5O6/c1-23(40(8)34(46)48-36(5,6)7)30(43)39-29(35(2,3)4)32(44)42-20-11-12-26(42)22-41(21-19-24-15-17-25(37)18-16-24)33(45)31-38-27-13-9-10-14-28(27)47-31/h9-10,13-18,23,26,29H,11-12,19-22H2,1-8H3,(H,39,43). The van der Waals surface area contributed by atoms with Crippen molar-refractivity contribution in [2.24, 2.45) is 5.41 Å². The monoisotopic (exact) mass is 665 g/mol. The van der Waals surface area contributed by atoms with Crippen LogP contribution >= 0.6 is 0 Å². The number of likely N-dealkylation sites (tertiary alicyclic amines) is 1. The van der Waals surface area contributed by atoms with E-state index in [-0.39, 0.29) is 36.7 Å². The molecule has 1 saturated heterocycles. The Labute approximate surface area is 281 Å². The fourth-order valence-corrected chi connectivity index (χ4v) is 5.61. The van der Waals surface area contributed by atoms with Gasteiger partial charge in [-0.3, -0.25) is 19.3 Å². The van der Waals surface area contributed by atoms with Gasteiger partial charge in [-0.2, -0.15) is 0 Å². The number of carbonyl (C=O) groups excluding carboxylic acids is 4. The van der Waals surface area contributed by atoms with E-state index < -0.39 is 41.0 Å². The molecule has 0 radical (unpaired) electrons. The second-order valence-electron chi connectivity index (χ2n) is 14.5. The van der Waals surface area contributed by atoms with Gasteiger partial charge >= 0.3 is 12.0 Å². The van der Waals surface area contributed by atoms with Crippen molar-refractivity contribution in [1.82, 2.24) is 25.0 Å². The number of halogens is 1. The van der Waals surface area contributed by atoms with Crippen LogP contribution in [-0.2, 0) is 20.7 Å². The Morgan fingerprint density at radius 1 is 1.06 bits per heavy atom. The zero-order valence-corrected chi connectivity index (χ0v) is 29.2. The molecular formula is C36H48FN5O6. The van der Waals surface area contributed by atoms with Gasteiger partial charge in [-0.1, -0.05) is 45.0 Å². The van der Waals surface area contributed by atoms with Crippen molar-refractivity contribution < 1.29 is 32.7 Å². The summed E-state index contributed by atoms with van der Waals surface area (Å²) in [4.78, 5) is 63.2. The number of hydrogen-bond acceptors (Lipinski definition) is 7. The van der Waals surface area contributed by atoms with Gasteiger partial charge in [0, 0.05) is 32.7 Å². The van der Waals surface area contributed by atoms with Gasteiger partial charge in [0.1, 0.15) is 29.0 Å². The largest absolute Gasteiger partial charge is 0.444 e. The number of benzene rings is 2. The topological polar surface area (TPSA) is 125 Å². The molecule has 1 aromatic heterocycles. The van der Waals surface area contributed by atoms with Gasteiger partial charge in [-0.25, -0.2) is 14.2 Å². The number of oxazole rings is 1. The molecule has 48 heavy (non-hydrogen) atoms. The van der Waals surface area contributed by atoms with Gasteiger partial charge in [0.05, 0.1) is 0 Å². The molecule has 0 bridgehead atoms. The number of para-hydroxylation sites is 2. The van der Waals surface area contributed by atoms with E-state index in [2.05, 4.69) is 10.3 Å². The van der Waals surface area contributed by atoms with E-state index in [9.17, 15) is 23.6 Å². The first-order valence-corrected chi connectivity index (χ1v) is 16.4. The highest BCUT2D eigenvalue weighted by Crippen LogP contribution is 2.27. The Kier molecular flexibility index (Phi) is 11.2. The summed E-state index contributed by atoms with van der Waals surface area (Å²) in [6, 6.07) is 11.1. The molecule has 2 heterocycles. The lowest BCUT2D eigenvalue weighted by Crippen LogP contribution is -2.59. The van der Waals surface area contributed by atoms with Crippen molar-refractivity contribution in [2.45, 2.75) is 91.5 Å². The predicted molar refractivity (Wildman–Crippen MR) is 180 cm³/mol. The maximum atomic E-state index is 14.2. The Morgan fingerprint density at radius 3 is 2.35 bits per heavy atom. The normalized spacial score (nSPS) is 16.4. The lowest BCUT2D eigenvalue weighted by atomic mass is 9.85. The molecule has 1 fully saturated rings. The summed E-state index contributed by atoms with van der Waals surface area (Å²) in [6.07, 6.45) is 1.19. The smallest absolute Gasteiger partial charge is 0.410 e. The fourth-order valence-electron chi connectivity index (χ4n) is 5.61. The summed E-state index contributed by atoms with van der Waals surface area (Å²) in [5.41, 5.74) is 0.512. The molecule has 3 aromatic rings. The molecular weight excluding hydrogens is 617 g/mol. The summed E-state index contributed by atoms with van der Waals surface area (Å²) in [5, 5.41) is 2.90. The zero-order valence-electron chi connectivity index (χ0n) is 29.2. The summed E-state index contributed by atoms with van der Waals surface area (Å²) in [6.45, 7) is 13.4. The second-order valence-corrected chi connectivity index (χ2v) is 14.5. The number of likely N-dealkylation sites (N-methyl/N-ethyl adjacent to an activating group) is 1. The van der Waals surface area contributed by atoms with Gasteiger partial charge in [0.15, 0.2) is 5.58 Å². The highest BCUT2D eigenvalue weighted by atomic mass is 19.1. The van der Waals surface area contributed by atoms with E-state index in [1.165, 1.54) is 24.1 Å². The lowest BCUT2D eigenvalue weighted by Gasteiger charge is -2.38. The average Bonchev–Trinajstić information content (AvgIpc) is 3.67. The molecule has 12 heteroatoms. The van der Waals surface area contributed by atoms with Crippen LogP contribution in [0.2, 0.25) is 0 Å². The van der Waals surface area contributed by atoms with Crippen LogP contribution in [0.15, 0.2) is 52.9 Å². The molecule has 4 rings (SSSR count). The molecule has 1 aliphatic heterocycles. The number of amides is 4. The highest BCUT2D eigenvalue weighted by molar-refractivity contribution is 5.93. The van der Waals surface area contributed by atoms with Crippen molar-refractivity contribution in [1.29, 1.82) is 0 Å². The SMILES string of the molecule is CC(C(=O)NC(C(=O)N1CCCC1CN(CCc1ccc(F)cc1)C(=O)c1nc2ccccc2o1)C(C)(C)C)N(C)C(=O)OC(C)(C)C. The van der Waals surface area contributed by atoms with Crippen LogP contribution < -0.4 is 5.32 Å². The van der Waals surface area contributed by atoms with Gasteiger partial charge < -0.3 is 24.3 Å². The summed E-state index contributed by atoms with van der Waals surface area (Å²) >= 11 is 0. The molecule has 11 nitrogen and oxygen atoms in total. The molecule has 3 unspecified atom stereocenters. The Hall–Kier alpha value is -4.48. The van der Waals surface area contributed by atoms with Crippen LogP contribution in [0, 0.1) is 11.2 Å². The maximum absolute atomic E-state index is 14.2. The number of ether oxygens (including phenoxy) is 1. The summed E-state index contributed by atoms with van der Waals surface area (Å²) in [7, 11) is 1.48. The summed E-state index contributed by atoms with van der Waals surface area (Å²) in [5.74, 6) is -1.55. The van der Waals surface area contributed by atoms with Crippen molar-refractivity contribution >= 4 is 34.9 Å². The van der Waals surface area contributed by atoms with E-state index in [0.29, 0.717) is 30.5 Å². The molecule has 4 amide bonds. The number of fused-ring (bicyclic) bond motifs is 1.